The Kier molecular flexibility index (Phi) is 18.2. The maximum absolute atomic E-state index is 11.0. The summed E-state index contributed by atoms with van der Waals surface area (Å²) >= 11 is 0. The van der Waals surface area contributed by atoms with E-state index in [0.717, 1.165) is 38.5 Å². The molecule has 0 aromatic rings. The number of hydrogen-bond acceptors (Lipinski definition) is 1. The summed E-state index contributed by atoms with van der Waals surface area (Å²) in [6, 6.07) is 0. The molecular weight excluding hydrogens is 332 g/mol. The Morgan fingerprint density at radius 3 is 1.41 bits per heavy atom. The molecule has 0 aromatic carbocycles. The zero-order chi connectivity index (χ0) is 20.0. The molecule has 0 aliphatic heterocycles. The molecule has 2 heteroatoms. The van der Waals surface area contributed by atoms with Gasteiger partial charge in [0.25, 0.3) is 0 Å². The highest BCUT2D eigenvalue weighted by molar-refractivity contribution is 5.70. The Hall–Kier alpha value is -2.35. The second-order valence-electron chi connectivity index (χ2n) is 6.21. The number of rotatable bonds is 16. The van der Waals surface area contributed by atoms with Gasteiger partial charge in [0.05, 0.1) is 5.92 Å². The quantitative estimate of drug-likeness (QED) is 0.289. The maximum atomic E-state index is 11.0. The second-order valence-corrected chi connectivity index (χ2v) is 6.21. The van der Waals surface area contributed by atoms with Gasteiger partial charge in [0, 0.05) is 0 Å². The van der Waals surface area contributed by atoms with Gasteiger partial charge in [0.2, 0.25) is 0 Å². The molecule has 0 aliphatic carbocycles. The summed E-state index contributed by atoms with van der Waals surface area (Å²) in [7, 11) is 0. The molecule has 2 nitrogen and oxygen atoms in total. The van der Waals surface area contributed by atoms with Crippen LogP contribution in [0, 0.1) is 5.92 Å². The van der Waals surface area contributed by atoms with Crippen LogP contribution in [0.2, 0.25) is 0 Å². The fourth-order valence-electron chi connectivity index (χ4n) is 2.28. The Bertz CT molecular complexity index is 545. The van der Waals surface area contributed by atoms with Crippen molar-refractivity contribution in [1.29, 1.82) is 0 Å². The largest absolute Gasteiger partial charge is 0.481 e. The minimum Gasteiger partial charge on any atom is -0.481 e. The molecule has 0 fully saturated rings. The van der Waals surface area contributed by atoms with E-state index in [9.17, 15) is 4.79 Å². The van der Waals surface area contributed by atoms with E-state index in [-0.39, 0.29) is 5.92 Å². The molecule has 1 atom stereocenters. The summed E-state index contributed by atoms with van der Waals surface area (Å²) in [5, 5.41) is 9.03. The third-order valence-corrected chi connectivity index (χ3v) is 3.82. The number of carboxylic acids is 1. The fourth-order valence-corrected chi connectivity index (χ4v) is 2.28. The highest BCUT2D eigenvalue weighted by Crippen LogP contribution is 2.10. The summed E-state index contributed by atoms with van der Waals surface area (Å²) < 4.78 is 0. The first-order valence-electron chi connectivity index (χ1n) is 9.96. The van der Waals surface area contributed by atoms with Crippen LogP contribution in [0.15, 0.2) is 85.6 Å². The number of allylic oxidation sites excluding steroid dienone is 13. The third kappa shape index (κ3) is 18.2. The van der Waals surface area contributed by atoms with E-state index in [1.807, 2.05) is 12.2 Å². The van der Waals surface area contributed by atoms with Crippen LogP contribution in [0.25, 0.3) is 0 Å². The van der Waals surface area contributed by atoms with E-state index >= 15 is 0 Å². The Morgan fingerprint density at radius 2 is 1.07 bits per heavy atom. The average Bonchev–Trinajstić information content (AvgIpc) is 2.66. The lowest BCUT2D eigenvalue weighted by Gasteiger charge is -2.05. The number of hydrogen-bond donors (Lipinski definition) is 1. The first-order chi connectivity index (χ1) is 13.2. The topological polar surface area (TPSA) is 37.3 Å². The molecule has 0 aromatic heterocycles. The number of carboxylic acid groups (broad SMARTS) is 1. The van der Waals surface area contributed by atoms with Crippen molar-refractivity contribution >= 4 is 5.97 Å². The molecule has 1 N–H and O–H groups in total. The van der Waals surface area contributed by atoms with Crippen molar-refractivity contribution in [3.05, 3.63) is 85.6 Å². The van der Waals surface area contributed by atoms with Gasteiger partial charge in [-0.15, -0.1) is 6.58 Å². The summed E-state index contributed by atoms with van der Waals surface area (Å²) in [5.41, 5.74) is 0. The first kappa shape index (κ1) is 24.7. The summed E-state index contributed by atoms with van der Waals surface area (Å²) in [5.74, 6) is -1.11. The minimum absolute atomic E-state index is 0.355. The van der Waals surface area contributed by atoms with Crippen LogP contribution >= 0.6 is 0 Å². The molecule has 148 valence electrons. The van der Waals surface area contributed by atoms with E-state index in [1.54, 1.807) is 6.08 Å². The van der Waals surface area contributed by atoms with E-state index in [0.29, 0.717) is 12.8 Å². The van der Waals surface area contributed by atoms with Gasteiger partial charge >= 0.3 is 5.97 Å². The van der Waals surface area contributed by atoms with E-state index in [1.165, 1.54) is 0 Å². The maximum Gasteiger partial charge on any atom is 0.307 e. The average molecular weight is 369 g/mol. The van der Waals surface area contributed by atoms with Gasteiger partial charge in [-0.25, -0.2) is 0 Å². The zero-order valence-electron chi connectivity index (χ0n) is 16.8. The van der Waals surface area contributed by atoms with Gasteiger partial charge in [0.1, 0.15) is 0 Å². The van der Waals surface area contributed by atoms with Crippen molar-refractivity contribution in [3.8, 4) is 0 Å². The van der Waals surface area contributed by atoms with Crippen LogP contribution in [0.5, 0.6) is 0 Å². The highest BCUT2D eigenvalue weighted by Gasteiger charge is 2.12. The number of carbonyl (C=O) groups is 1. The van der Waals surface area contributed by atoms with Crippen LogP contribution in [-0.2, 0) is 4.79 Å². The van der Waals surface area contributed by atoms with Gasteiger partial charge in [0.15, 0.2) is 0 Å². The van der Waals surface area contributed by atoms with Crippen molar-refractivity contribution in [3.63, 3.8) is 0 Å². The first-order valence-corrected chi connectivity index (χ1v) is 9.96. The predicted molar refractivity (Wildman–Crippen MR) is 119 cm³/mol. The molecule has 0 rings (SSSR count). The molecule has 0 saturated heterocycles. The van der Waals surface area contributed by atoms with Crippen molar-refractivity contribution in [2.75, 3.05) is 0 Å². The molecule has 0 saturated carbocycles. The van der Waals surface area contributed by atoms with Crippen molar-refractivity contribution in [2.45, 2.75) is 58.3 Å². The van der Waals surface area contributed by atoms with Crippen molar-refractivity contribution < 1.29 is 9.90 Å². The molecule has 1 unspecified atom stereocenters. The lowest BCUT2D eigenvalue weighted by Crippen LogP contribution is -2.11. The SMILES string of the molecule is C=CCC(C/C=C\C/C=C\C/C=C\C/C=C\C/C=C\C/C=C\CC)C(=O)O. The standard InChI is InChI=1S/C25H36O2/c1-3-5-6-7-8-9-10-11-12-13-14-15-16-17-18-19-20-21-23-24(22-4-2)25(26)27/h4-6,8-9,11-12,14-15,17-18,20-21,24H,2-3,7,10,13,16,19,22-23H2,1H3,(H,26,27)/b6-5-,9-8-,12-11-,15-14-,18-17-,21-20-. The Morgan fingerprint density at radius 1 is 0.704 bits per heavy atom. The lowest BCUT2D eigenvalue weighted by atomic mass is 10.0. The van der Waals surface area contributed by atoms with Gasteiger partial charge in [-0.05, 0) is 51.4 Å². The van der Waals surface area contributed by atoms with Crippen LogP contribution in [0.4, 0.5) is 0 Å². The lowest BCUT2D eigenvalue weighted by molar-refractivity contribution is -0.141. The van der Waals surface area contributed by atoms with E-state index in [4.69, 9.17) is 5.11 Å². The minimum atomic E-state index is -0.755. The Balaban J connectivity index is 3.71. The van der Waals surface area contributed by atoms with Crippen LogP contribution in [0.1, 0.15) is 58.3 Å². The van der Waals surface area contributed by atoms with Gasteiger partial charge in [-0.1, -0.05) is 85.9 Å². The summed E-state index contributed by atoms with van der Waals surface area (Å²) in [6.07, 6.45) is 34.3. The van der Waals surface area contributed by atoms with Crippen LogP contribution in [0.3, 0.4) is 0 Å². The van der Waals surface area contributed by atoms with E-state index < -0.39 is 5.97 Å². The molecule has 0 bridgehead atoms. The molecule has 0 radical (unpaired) electrons. The smallest absolute Gasteiger partial charge is 0.307 e. The normalized spacial score (nSPS) is 14.0. The fraction of sp³-hybridized carbons (Fsp3) is 0.400. The molecular formula is C25H36O2. The van der Waals surface area contributed by atoms with Crippen LogP contribution in [-0.4, -0.2) is 11.1 Å². The third-order valence-electron chi connectivity index (χ3n) is 3.82. The van der Waals surface area contributed by atoms with Gasteiger partial charge in [-0.2, -0.15) is 0 Å². The van der Waals surface area contributed by atoms with Gasteiger partial charge in [-0.3, -0.25) is 4.79 Å². The predicted octanol–water partition coefficient (Wildman–Crippen LogP) is 7.35. The van der Waals surface area contributed by atoms with Crippen molar-refractivity contribution in [2.24, 2.45) is 5.92 Å². The number of aliphatic carboxylic acids is 1. The molecule has 0 aliphatic rings. The second kappa shape index (κ2) is 20.0. The molecule has 0 amide bonds. The highest BCUT2D eigenvalue weighted by atomic mass is 16.4. The molecule has 0 spiro atoms. The Labute approximate surface area is 166 Å². The van der Waals surface area contributed by atoms with Crippen molar-refractivity contribution in [1.82, 2.24) is 0 Å². The van der Waals surface area contributed by atoms with Gasteiger partial charge < -0.3 is 5.11 Å². The molecule has 0 heterocycles. The van der Waals surface area contributed by atoms with Crippen LogP contribution < -0.4 is 0 Å². The monoisotopic (exact) mass is 368 g/mol. The zero-order valence-corrected chi connectivity index (χ0v) is 16.8. The molecule has 27 heavy (non-hydrogen) atoms. The van der Waals surface area contributed by atoms with E-state index in [2.05, 4.69) is 74.3 Å². The summed E-state index contributed by atoms with van der Waals surface area (Å²) in [4.78, 5) is 11.0. The summed E-state index contributed by atoms with van der Waals surface area (Å²) in [6.45, 7) is 5.75.